The fourth-order valence-electron chi connectivity index (χ4n) is 3.48. The number of fused-ring (bicyclic) bond motifs is 1. The average molecular weight is 418 g/mol. The van der Waals surface area contributed by atoms with Crippen molar-refractivity contribution < 1.29 is 22.4 Å². The van der Waals surface area contributed by atoms with Gasteiger partial charge in [0, 0.05) is 25.3 Å². The van der Waals surface area contributed by atoms with Gasteiger partial charge < -0.3 is 20.0 Å². The summed E-state index contributed by atoms with van der Waals surface area (Å²) in [4.78, 5) is 18.7. The molecule has 2 amide bonds. The monoisotopic (exact) mass is 418 g/mol. The second-order valence-electron chi connectivity index (χ2n) is 7.30. The second-order valence-corrected chi connectivity index (χ2v) is 7.30. The molecule has 2 aromatic carbocycles. The van der Waals surface area contributed by atoms with Crippen LogP contribution in [0.3, 0.4) is 0 Å². The number of amides is 2. The quantitative estimate of drug-likeness (QED) is 0.633. The van der Waals surface area contributed by atoms with E-state index in [1.807, 2.05) is 24.3 Å². The third-order valence-electron chi connectivity index (χ3n) is 5.19. The van der Waals surface area contributed by atoms with Gasteiger partial charge >= 0.3 is 12.2 Å². The van der Waals surface area contributed by atoms with Crippen molar-refractivity contribution in [2.75, 3.05) is 29.9 Å². The molecule has 0 radical (unpaired) electrons. The number of urea groups is 1. The third-order valence-corrected chi connectivity index (χ3v) is 5.19. The summed E-state index contributed by atoms with van der Waals surface area (Å²) in [5, 5.41) is 5.35. The number of anilines is 2. The molecule has 0 bridgehead atoms. The van der Waals surface area contributed by atoms with Crippen molar-refractivity contribution >= 4 is 28.8 Å². The van der Waals surface area contributed by atoms with Crippen molar-refractivity contribution in [3.63, 3.8) is 0 Å². The first-order valence-electron chi connectivity index (χ1n) is 9.71. The molecular weight excluding hydrogens is 397 g/mol. The summed E-state index contributed by atoms with van der Waals surface area (Å²) in [7, 11) is 0. The van der Waals surface area contributed by atoms with E-state index < -0.39 is 17.8 Å². The van der Waals surface area contributed by atoms with Gasteiger partial charge in [-0.15, -0.1) is 0 Å². The van der Waals surface area contributed by atoms with Crippen molar-refractivity contribution in [2.45, 2.75) is 19.0 Å². The molecular formula is C21H21F3N4O2. The molecule has 4 rings (SSSR count). The lowest BCUT2D eigenvalue weighted by Gasteiger charge is -2.30. The number of halogens is 3. The molecule has 1 fully saturated rings. The number of carbonyl (C=O) groups excluding carboxylic acids is 1. The number of hydrogen-bond acceptors (Lipinski definition) is 4. The topological polar surface area (TPSA) is 70.4 Å². The molecule has 0 aliphatic carbocycles. The van der Waals surface area contributed by atoms with Crippen molar-refractivity contribution in [1.82, 2.24) is 10.3 Å². The summed E-state index contributed by atoms with van der Waals surface area (Å²) in [6.07, 6.45) is -2.65. The van der Waals surface area contributed by atoms with E-state index in [4.69, 9.17) is 4.42 Å². The van der Waals surface area contributed by atoms with Crippen LogP contribution in [0.2, 0.25) is 0 Å². The van der Waals surface area contributed by atoms with Gasteiger partial charge in [0.25, 0.3) is 6.01 Å². The molecule has 30 heavy (non-hydrogen) atoms. The Morgan fingerprint density at radius 3 is 2.47 bits per heavy atom. The van der Waals surface area contributed by atoms with Crippen LogP contribution >= 0.6 is 0 Å². The predicted octanol–water partition coefficient (Wildman–Crippen LogP) is 4.88. The van der Waals surface area contributed by atoms with Gasteiger partial charge in [-0.05, 0) is 55.2 Å². The van der Waals surface area contributed by atoms with Gasteiger partial charge in [0.1, 0.15) is 5.52 Å². The number of rotatable bonds is 4. The largest absolute Gasteiger partial charge is 0.423 e. The number of hydrogen-bond donors (Lipinski definition) is 2. The van der Waals surface area contributed by atoms with E-state index in [1.54, 1.807) is 0 Å². The average Bonchev–Trinajstić information content (AvgIpc) is 3.17. The Morgan fingerprint density at radius 2 is 1.80 bits per heavy atom. The molecule has 9 heteroatoms. The van der Waals surface area contributed by atoms with Gasteiger partial charge in [-0.2, -0.15) is 18.2 Å². The molecule has 0 saturated carbocycles. The maximum Gasteiger partial charge on any atom is 0.416 e. The number of aromatic nitrogens is 1. The van der Waals surface area contributed by atoms with E-state index in [-0.39, 0.29) is 0 Å². The molecule has 1 aromatic heterocycles. The summed E-state index contributed by atoms with van der Waals surface area (Å²) in [5.74, 6) is 0.309. The van der Waals surface area contributed by atoms with Crippen LogP contribution in [-0.4, -0.2) is 30.6 Å². The zero-order valence-electron chi connectivity index (χ0n) is 16.1. The first-order chi connectivity index (χ1) is 14.4. The molecule has 0 unspecified atom stereocenters. The van der Waals surface area contributed by atoms with Crippen LogP contribution in [0.5, 0.6) is 0 Å². The number of nitrogens with zero attached hydrogens (tertiary/aromatic N) is 2. The van der Waals surface area contributed by atoms with Crippen LogP contribution in [0.4, 0.5) is 29.7 Å². The van der Waals surface area contributed by atoms with Gasteiger partial charge in [0.05, 0.1) is 5.56 Å². The highest BCUT2D eigenvalue weighted by molar-refractivity contribution is 5.89. The Kier molecular flexibility index (Phi) is 5.52. The number of oxazole rings is 1. The molecule has 3 aromatic rings. The van der Waals surface area contributed by atoms with E-state index in [1.165, 1.54) is 12.1 Å². The number of alkyl halides is 3. The van der Waals surface area contributed by atoms with E-state index in [2.05, 4.69) is 20.5 Å². The normalized spacial score (nSPS) is 15.4. The minimum absolute atomic E-state index is 0.309. The smallest absolute Gasteiger partial charge is 0.416 e. The number of benzene rings is 2. The Balaban J connectivity index is 1.23. The number of carbonyl (C=O) groups is 1. The standard InChI is InChI=1S/C21H21F3N4O2/c22-21(23,24)15-5-7-16(8-6-15)26-19(29)25-13-14-9-11-28(12-10-14)20-27-17-3-1-2-4-18(17)30-20/h1-8,14H,9-13H2,(H2,25,26,29). The lowest BCUT2D eigenvalue weighted by Crippen LogP contribution is -2.39. The fourth-order valence-corrected chi connectivity index (χ4v) is 3.48. The van der Waals surface area contributed by atoms with E-state index in [9.17, 15) is 18.0 Å². The first-order valence-corrected chi connectivity index (χ1v) is 9.71. The van der Waals surface area contributed by atoms with Crippen molar-refractivity contribution in [3.05, 3.63) is 54.1 Å². The predicted molar refractivity (Wildman–Crippen MR) is 107 cm³/mol. The van der Waals surface area contributed by atoms with Crippen LogP contribution in [-0.2, 0) is 6.18 Å². The molecule has 1 saturated heterocycles. The van der Waals surface area contributed by atoms with Crippen LogP contribution in [0.25, 0.3) is 11.1 Å². The molecule has 6 nitrogen and oxygen atoms in total. The van der Waals surface area contributed by atoms with Gasteiger partial charge in [0.15, 0.2) is 5.58 Å². The van der Waals surface area contributed by atoms with Crippen LogP contribution in [0.1, 0.15) is 18.4 Å². The molecule has 0 spiro atoms. The minimum atomic E-state index is -4.40. The highest BCUT2D eigenvalue weighted by Crippen LogP contribution is 2.30. The van der Waals surface area contributed by atoms with E-state index >= 15 is 0 Å². The SMILES string of the molecule is O=C(NCC1CCN(c2nc3ccccc3o2)CC1)Nc1ccc(C(F)(F)F)cc1. The summed E-state index contributed by atoms with van der Waals surface area (Å²) in [6.45, 7) is 2.05. The first kappa shape index (κ1) is 20.1. The number of piperidine rings is 1. The molecule has 2 N–H and O–H groups in total. The molecule has 2 heterocycles. The van der Waals surface area contributed by atoms with E-state index in [0.29, 0.717) is 24.2 Å². The Morgan fingerprint density at radius 1 is 1.10 bits per heavy atom. The van der Waals surface area contributed by atoms with Gasteiger partial charge in [-0.25, -0.2) is 4.79 Å². The molecule has 0 atom stereocenters. The van der Waals surface area contributed by atoms with Gasteiger partial charge in [0.2, 0.25) is 0 Å². The summed E-state index contributed by atoms with van der Waals surface area (Å²) >= 11 is 0. The second kappa shape index (κ2) is 8.25. The zero-order chi connectivity index (χ0) is 21.1. The van der Waals surface area contributed by atoms with Crippen LogP contribution in [0.15, 0.2) is 52.9 Å². The lowest BCUT2D eigenvalue weighted by molar-refractivity contribution is -0.137. The number of nitrogens with one attached hydrogen (secondary N) is 2. The number of para-hydroxylation sites is 2. The van der Waals surface area contributed by atoms with E-state index in [0.717, 1.165) is 49.2 Å². The van der Waals surface area contributed by atoms with Crippen LogP contribution in [0, 0.1) is 5.92 Å². The molecule has 1 aliphatic rings. The van der Waals surface area contributed by atoms with Crippen LogP contribution < -0.4 is 15.5 Å². The highest BCUT2D eigenvalue weighted by Gasteiger charge is 2.30. The van der Waals surface area contributed by atoms with Gasteiger partial charge in [-0.1, -0.05) is 12.1 Å². The minimum Gasteiger partial charge on any atom is -0.423 e. The summed E-state index contributed by atoms with van der Waals surface area (Å²) in [5.41, 5.74) is 1.15. The Hall–Kier alpha value is -3.23. The molecule has 1 aliphatic heterocycles. The van der Waals surface area contributed by atoms with Crippen molar-refractivity contribution in [2.24, 2.45) is 5.92 Å². The Labute approximate surface area is 171 Å². The fraction of sp³-hybridized carbons (Fsp3) is 0.333. The third kappa shape index (κ3) is 4.67. The summed E-state index contributed by atoms with van der Waals surface area (Å²) in [6, 6.07) is 12.2. The Bertz CT molecular complexity index is 976. The highest BCUT2D eigenvalue weighted by atomic mass is 19.4. The lowest BCUT2D eigenvalue weighted by atomic mass is 9.97. The maximum atomic E-state index is 12.6. The molecule has 158 valence electrons. The van der Waals surface area contributed by atoms with Crippen molar-refractivity contribution in [1.29, 1.82) is 0 Å². The summed E-state index contributed by atoms with van der Waals surface area (Å²) < 4.78 is 43.6. The maximum absolute atomic E-state index is 12.6. The van der Waals surface area contributed by atoms with Crippen molar-refractivity contribution in [3.8, 4) is 0 Å². The van der Waals surface area contributed by atoms with Gasteiger partial charge in [-0.3, -0.25) is 0 Å². The zero-order valence-corrected chi connectivity index (χ0v) is 16.1.